The largest absolute Gasteiger partial charge is 0.495 e. The molecule has 0 saturated heterocycles. The normalized spacial score (nSPS) is 10.4. The summed E-state index contributed by atoms with van der Waals surface area (Å²) in [4.78, 5) is 14.8. The Bertz CT molecular complexity index is 358. The van der Waals surface area contributed by atoms with Crippen molar-refractivity contribution in [1.82, 2.24) is 10.3 Å². The number of nitrogens with one attached hydrogen (secondary N) is 1. The Labute approximate surface area is 95.3 Å². The molecule has 1 rings (SSSR count). The molecule has 0 spiro atoms. The molecule has 0 aliphatic rings. The second-order valence-electron chi connectivity index (χ2n) is 3.30. The van der Waals surface area contributed by atoms with Gasteiger partial charge in [-0.25, -0.2) is 0 Å². The Hall–Kier alpha value is -1.84. The van der Waals surface area contributed by atoms with Crippen LogP contribution >= 0.6 is 0 Å². The number of carbonyl (C=O) groups excluding carboxylic acids is 1. The third-order valence-corrected chi connectivity index (χ3v) is 1.97. The number of pyridine rings is 1. The van der Waals surface area contributed by atoms with E-state index in [1.54, 1.807) is 13.3 Å². The van der Waals surface area contributed by atoms with Gasteiger partial charge in [-0.2, -0.15) is 0 Å². The van der Waals surface area contributed by atoms with Crippen molar-refractivity contribution < 1.29 is 9.53 Å². The molecule has 0 aliphatic heterocycles. The quantitative estimate of drug-likeness (QED) is 0.767. The lowest BCUT2D eigenvalue weighted by Crippen LogP contribution is -2.20. The van der Waals surface area contributed by atoms with Gasteiger partial charge in [0.05, 0.1) is 19.0 Å². The second-order valence-corrected chi connectivity index (χ2v) is 3.30. The van der Waals surface area contributed by atoms with E-state index in [4.69, 9.17) is 4.74 Å². The first-order chi connectivity index (χ1) is 7.72. The molecule has 16 heavy (non-hydrogen) atoms. The summed E-state index contributed by atoms with van der Waals surface area (Å²) in [5.74, 6) is 0.742. The van der Waals surface area contributed by atoms with Gasteiger partial charge in [0.1, 0.15) is 5.75 Å². The highest BCUT2D eigenvalue weighted by molar-refractivity contribution is 5.72. The molecule has 86 valence electrons. The van der Waals surface area contributed by atoms with Gasteiger partial charge < -0.3 is 10.1 Å². The summed E-state index contributed by atoms with van der Waals surface area (Å²) in [6.07, 6.45) is 6.37. The van der Waals surface area contributed by atoms with Crippen molar-refractivity contribution in [2.75, 3.05) is 13.7 Å². The third-order valence-electron chi connectivity index (χ3n) is 1.97. The zero-order valence-corrected chi connectivity index (χ0v) is 9.56. The highest BCUT2D eigenvalue weighted by Gasteiger charge is 1.91. The Morgan fingerprint density at radius 3 is 2.94 bits per heavy atom. The smallest absolute Gasteiger partial charge is 0.216 e. The predicted octanol–water partition coefficient (Wildman–Crippen LogP) is 1.63. The van der Waals surface area contributed by atoms with E-state index in [9.17, 15) is 4.79 Å². The van der Waals surface area contributed by atoms with Crippen LogP contribution in [-0.4, -0.2) is 24.5 Å². The van der Waals surface area contributed by atoms with E-state index in [0.29, 0.717) is 6.54 Å². The van der Waals surface area contributed by atoms with Gasteiger partial charge in [-0.3, -0.25) is 9.78 Å². The first-order valence-corrected chi connectivity index (χ1v) is 5.13. The summed E-state index contributed by atoms with van der Waals surface area (Å²) in [5, 5.41) is 2.72. The zero-order valence-electron chi connectivity index (χ0n) is 9.56. The topological polar surface area (TPSA) is 51.2 Å². The fraction of sp³-hybridized carbons (Fsp3) is 0.333. The lowest BCUT2D eigenvalue weighted by Gasteiger charge is -1.99. The average molecular weight is 220 g/mol. The maximum atomic E-state index is 10.6. The van der Waals surface area contributed by atoms with Gasteiger partial charge >= 0.3 is 0 Å². The van der Waals surface area contributed by atoms with Gasteiger partial charge in [0.15, 0.2) is 0 Å². The molecule has 1 amide bonds. The van der Waals surface area contributed by atoms with Crippen LogP contribution in [0, 0.1) is 0 Å². The summed E-state index contributed by atoms with van der Waals surface area (Å²) < 4.78 is 5.00. The molecule has 1 N–H and O–H groups in total. The highest BCUT2D eigenvalue weighted by atomic mass is 16.5. The standard InChI is InChI=1S/C12H16N2O2/c1-10(15)13-8-4-3-5-11-6-7-12(16-2)9-14-11/h3,5-7,9H,4,8H2,1-2H3,(H,13,15). The summed E-state index contributed by atoms with van der Waals surface area (Å²) >= 11 is 0. The summed E-state index contributed by atoms with van der Waals surface area (Å²) in [6, 6.07) is 3.74. The number of methoxy groups -OCH3 is 1. The zero-order chi connectivity index (χ0) is 11.8. The van der Waals surface area contributed by atoms with Crippen LogP contribution in [0.25, 0.3) is 6.08 Å². The van der Waals surface area contributed by atoms with Crippen LogP contribution in [0.2, 0.25) is 0 Å². The van der Waals surface area contributed by atoms with Crippen molar-refractivity contribution in [2.45, 2.75) is 13.3 Å². The fourth-order valence-electron chi connectivity index (χ4n) is 1.15. The molecule has 0 saturated carbocycles. The number of ether oxygens (including phenoxy) is 1. The van der Waals surface area contributed by atoms with E-state index in [1.807, 2.05) is 24.3 Å². The van der Waals surface area contributed by atoms with Crippen LogP contribution in [0.15, 0.2) is 24.4 Å². The maximum absolute atomic E-state index is 10.6. The Morgan fingerprint density at radius 1 is 1.56 bits per heavy atom. The van der Waals surface area contributed by atoms with Crippen LogP contribution in [0.1, 0.15) is 19.0 Å². The number of amides is 1. The van der Waals surface area contributed by atoms with Gasteiger partial charge in [0, 0.05) is 13.5 Å². The van der Waals surface area contributed by atoms with E-state index >= 15 is 0 Å². The summed E-state index contributed by atoms with van der Waals surface area (Å²) in [7, 11) is 1.61. The first-order valence-electron chi connectivity index (χ1n) is 5.13. The maximum Gasteiger partial charge on any atom is 0.216 e. The molecule has 1 aromatic rings. The van der Waals surface area contributed by atoms with Crippen LogP contribution in [0.4, 0.5) is 0 Å². The van der Waals surface area contributed by atoms with Gasteiger partial charge in [0.2, 0.25) is 5.91 Å². The van der Waals surface area contributed by atoms with Crippen molar-refractivity contribution in [3.63, 3.8) is 0 Å². The van der Waals surface area contributed by atoms with Crippen molar-refractivity contribution in [3.8, 4) is 5.75 Å². The van der Waals surface area contributed by atoms with E-state index < -0.39 is 0 Å². The molecule has 0 unspecified atom stereocenters. The number of hydrogen-bond acceptors (Lipinski definition) is 3. The minimum Gasteiger partial charge on any atom is -0.495 e. The van der Waals surface area contributed by atoms with Crippen LogP contribution in [-0.2, 0) is 4.79 Å². The summed E-state index contributed by atoms with van der Waals surface area (Å²) in [6.45, 7) is 2.16. The first kappa shape index (κ1) is 12.2. The van der Waals surface area contributed by atoms with Crippen LogP contribution in [0.3, 0.4) is 0 Å². The van der Waals surface area contributed by atoms with E-state index in [-0.39, 0.29) is 5.91 Å². The lowest BCUT2D eigenvalue weighted by molar-refractivity contribution is -0.118. The van der Waals surface area contributed by atoms with Gasteiger partial charge in [-0.1, -0.05) is 6.08 Å². The monoisotopic (exact) mass is 220 g/mol. The minimum absolute atomic E-state index is 0.00373. The molecule has 0 aromatic carbocycles. The number of nitrogens with zero attached hydrogens (tertiary/aromatic N) is 1. The van der Waals surface area contributed by atoms with Gasteiger partial charge in [-0.05, 0) is 24.6 Å². The Balaban J connectivity index is 2.35. The van der Waals surface area contributed by atoms with Gasteiger partial charge in [-0.15, -0.1) is 0 Å². The molecular formula is C12H16N2O2. The molecule has 0 aliphatic carbocycles. The Kier molecular flexibility index (Phi) is 5.05. The van der Waals surface area contributed by atoms with Crippen molar-refractivity contribution in [3.05, 3.63) is 30.1 Å². The third kappa shape index (κ3) is 4.59. The molecule has 1 heterocycles. The molecule has 0 bridgehead atoms. The van der Waals surface area contributed by atoms with E-state index in [1.165, 1.54) is 6.92 Å². The molecular weight excluding hydrogens is 204 g/mol. The number of rotatable bonds is 5. The van der Waals surface area contributed by atoms with Crippen LogP contribution in [0.5, 0.6) is 5.75 Å². The van der Waals surface area contributed by atoms with E-state index in [2.05, 4.69) is 10.3 Å². The number of aromatic nitrogens is 1. The fourth-order valence-corrected chi connectivity index (χ4v) is 1.15. The lowest BCUT2D eigenvalue weighted by atomic mass is 10.3. The number of carbonyl (C=O) groups is 1. The molecule has 4 heteroatoms. The van der Waals surface area contributed by atoms with E-state index in [0.717, 1.165) is 17.9 Å². The Morgan fingerprint density at radius 2 is 2.38 bits per heavy atom. The van der Waals surface area contributed by atoms with Crippen molar-refractivity contribution in [1.29, 1.82) is 0 Å². The average Bonchev–Trinajstić information content (AvgIpc) is 2.29. The van der Waals surface area contributed by atoms with Crippen molar-refractivity contribution >= 4 is 12.0 Å². The molecule has 0 atom stereocenters. The molecule has 0 fully saturated rings. The second kappa shape index (κ2) is 6.61. The van der Waals surface area contributed by atoms with Crippen LogP contribution < -0.4 is 10.1 Å². The summed E-state index contributed by atoms with van der Waals surface area (Å²) in [5.41, 5.74) is 0.878. The SMILES string of the molecule is COc1ccc(C=CCCNC(C)=O)nc1. The molecule has 1 aromatic heterocycles. The molecule has 0 radical (unpaired) electrons. The molecule has 4 nitrogen and oxygen atoms in total. The minimum atomic E-state index is -0.00373. The predicted molar refractivity (Wildman–Crippen MR) is 63.1 cm³/mol. The van der Waals surface area contributed by atoms with Gasteiger partial charge in [0.25, 0.3) is 0 Å². The highest BCUT2D eigenvalue weighted by Crippen LogP contribution is 2.08. The van der Waals surface area contributed by atoms with Crippen molar-refractivity contribution in [2.24, 2.45) is 0 Å². The number of hydrogen-bond donors (Lipinski definition) is 1.